The van der Waals surface area contributed by atoms with E-state index in [1.165, 1.54) is 16.2 Å². The molecular formula is C18H14N4O2S2. The topological polar surface area (TPSA) is 61.5 Å². The predicted molar refractivity (Wildman–Crippen MR) is 100.0 cm³/mol. The van der Waals surface area contributed by atoms with Crippen molar-refractivity contribution < 1.29 is 9.47 Å². The molecule has 26 heavy (non-hydrogen) atoms. The van der Waals surface area contributed by atoms with Crippen LogP contribution in [0.3, 0.4) is 0 Å². The highest BCUT2D eigenvalue weighted by Crippen LogP contribution is 2.37. The first kappa shape index (κ1) is 15.7. The van der Waals surface area contributed by atoms with Gasteiger partial charge in [-0.25, -0.2) is 0 Å². The number of aromatic nitrogens is 4. The summed E-state index contributed by atoms with van der Waals surface area (Å²) < 4.78 is 13.6. The van der Waals surface area contributed by atoms with Crippen molar-refractivity contribution >= 4 is 28.1 Å². The maximum Gasteiger partial charge on any atom is 0.234 e. The zero-order chi connectivity index (χ0) is 17.3. The number of rotatable bonds is 4. The normalized spacial score (nSPS) is 16.1. The van der Waals surface area contributed by atoms with E-state index in [2.05, 4.69) is 27.4 Å². The predicted octanol–water partition coefficient (Wildman–Crippen LogP) is 3.99. The van der Waals surface area contributed by atoms with Gasteiger partial charge in [0.15, 0.2) is 28.4 Å². The first-order valence-electron chi connectivity index (χ1n) is 8.14. The van der Waals surface area contributed by atoms with Crippen LogP contribution in [0.2, 0.25) is 0 Å². The van der Waals surface area contributed by atoms with E-state index in [4.69, 9.17) is 9.47 Å². The van der Waals surface area contributed by atoms with Gasteiger partial charge in [-0.15, -0.1) is 22.0 Å². The lowest BCUT2D eigenvalue weighted by molar-refractivity contribution is 0.0904. The molecule has 5 rings (SSSR count). The lowest BCUT2D eigenvalue weighted by atomic mass is 10.3. The highest BCUT2D eigenvalue weighted by atomic mass is 32.2. The number of nitrogens with zero attached hydrogens (tertiary/aromatic N) is 4. The van der Waals surface area contributed by atoms with Gasteiger partial charge in [-0.3, -0.25) is 0 Å². The van der Waals surface area contributed by atoms with Crippen molar-refractivity contribution in [1.29, 1.82) is 0 Å². The zero-order valence-electron chi connectivity index (χ0n) is 13.6. The highest BCUT2D eigenvalue weighted by Gasteiger charge is 2.26. The van der Waals surface area contributed by atoms with Gasteiger partial charge >= 0.3 is 0 Å². The summed E-state index contributed by atoms with van der Waals surface area (Å²) in [6.45, 7) is 0.440. The molecule has 8 heteroatoms. The Balaban J connectivity index is 1.37. The third-order valence-corrected chi connectivity index (χ3v) is 5.97. The average molecular weight is 382 g/mol. The van der Waals surface area contributed by atoms with E-state index in [-0.39, 0.29) is 6.10 Å². The molecule has 0 spiro atoms. The number of benzene rings is 2. The van der Waals surface area contributed by atoms with Gasteiger partial charge in [0.2, 0.25) is 4.96 Å². The third-order valence-electron chi connectivity index (χ3n) is 3.97. The first-order chi connectivity index (χ1) is 12.9. The Morgan fingerprint density at radius 1 is 1.04 bits per heavy atom. The molecule has 0 aliphatic carbocycles. The molecule has 0 saturated heterocycles. The van der Waals surface area contributed by atoms with Crippen molar-refractivity contribution in [2.45, 2.75) is 16.8 Å². The van der Waals surface area contributed by atoms with Gasteiger partial charge in [0.1, 0.15) is 6.61 Å². The first-order valence-corrected chi connectivity index (χ1v) is 9.94. The minimum absolute atomic E-state index is 0.230. The monoisotopic (exact) mass is 382 g/mol. The van der Waals surface area contributed by atoms with E-state index in [1.54, 1.807) is 16.3 Å². The summed E-state index contributed by atoms with van der Waals surface area (Å²) >= 11 is 3.20. The fourth-order valence-corrected chi connectivity index (χ4v) is 4.40. The van der Waals surface area contributed by atoms with Crippen molar-refractivity contribution in [3.8, 4) is 11.5 Å². The SMILES string of the molecule is c1ccc(SCc2nnc3sc([C@H]4COc5ccccc5O4)nn23)cc1. The summed E-state index contributed by atoms with van der Waals surface area (Å²) in [4.78, 5) is 1.96. The molecule has 4 aromatic rings. The molecule has 3 heterocycles. The molecule has 6 nitrogen and oxygen atoms in total. The van der Waals surface area contributed by atoms with Gasteiger partial charge in [-0.05, 0) is 24.3 Å². The van der Waals surface area contributed by atoms with E-state index >= 15 is 0 Å². The summed E-state index contributed by atoms with van der Waals surface area (Å²) in [6.07, 6.45) is -0.230. The molecule has 1 aliphatic heterocycles. The molecule has 2 aromatic heterocycles. The Hall–Kier alpha value is -2.58. The largest absolute Gasteiger partial charge is 0.485 e. The minimum atomic E-state index is -0.230. The number of para-hydroxylation sites is 2. The third kappa shape index (κ3) is 2.91. The average Bonchev–Trinajstić information content (AvgIpc) is 3.28. The van der Waals surface area contributed by atoms with Crippen LogP contribution in [0, 0.1) is 0 Å². The van der Waals surface area contributed by atoms with Crippen molar-refractivity contribution in [1.82, 2.24) is 19.8 Å². The highest BCUT2D eigenvalue weighted by molar-refractivity contribution is 7.98. The van der Waals surface area contributed by atoms with E-state index in [0.29, 0.717) is 12.4 Å². The molecule has 1 atom stereocenters. The van der Waals surface area contributed by atoms with E-state index in [9.17, 15) is 0 Å². The van der Waals surface area contributed by atoms with Gasteiger partial charge in [0.05, 0.1) is 5.75 Å². The Morgan fingerprint density at radius 2 is 1.85 bits per heavy atom. The Labute approximate surface area is 157 Å². The van der Waals surface area contributed by atoms with Gasteiger partial charge in [-0.1, -0.05) is 41.7 Å². The fourth-order valence-electron chi connectivity index (χ4n) is 2.70. The van der Waals surface area contributed by atoms with E-state index in [1.807, 2.05) is 42.5 Å². The molecule has 0 unspecified atom stereocenters. The Kier molecular flexibility index (Phi) is 3.99. The smallest absolute Gasteiger partial charge is 0.234 e. The number of thioether (sulfide) groups is 1. The van der Waals surface area contributed by atoms with Crippen molar-refractivity contribution in [2.24, 2.45) is 0 Å². The van der Waals surface area contributed by atoms with Crippen molar-refractivity contribution in [3.63, 3.8) is 0 Å². The maximum absolute atomic E-state index is 6.04. The van der Waals surface area contributed by atoms with Gasteiger partial charge in [-0.2, -0.15) is 9.61 Å². The Bertz CT molecular complexity index is 1050. The van der Waals surface area contributed by atoms with Crippen LogP contribution in [0.1, 0.15) is 16.9 Å². The van der Waals surface area contributed by atoms with Crippen LogP contribution < -0.4 is 9.47 Å². The van der Waals surface area contributed by atoms with E-state index < -0.39 is 0 Å². The molecule has 0 saturated carbocycles. The quantitative estimate of drug-likeness (QED) is 0.497. The van der Waals surface area contributed by atoms with Crippen LogP contribution >= 0.6 is 23.1 Å². The van der Waals surface area contributed by atoms with Crippen LogP contribution in [0.4, 0.5) is 0 Å². The van der Waals surface area contributed by atoms with Crippen LogP contribution in [-0.2, 0) is 5.75 Å². The fraction of sp³-hybridized carbons (Fsp3) is 0.167. The number of ether oxygens (including phenoxy) is 2. The van der Waals surface area contributed by atoms with Crippen LogP contribution in [0.15, 0.2) is 59.5 Å². The summed E-state index contributed by atoms with van der Waals surface area (Å²) in [5.74, 6) is 3.05. The van der Waals surface area contributed by atoms with Crippen LogP contribution in [0.25, 0.3) is 4.96 Å². The standard InChI is InChI=1S/C18H14N4O2S2/c1-2-6-12(7-3-1)25-11-16-19-20-18-22(16)21-17(26-18)15-10-23-13-8-4-5-9-14(13)24-15/h1-9,15H,10-11H2/t15-/m1/s1. The molecule has 0 fully saturated rings. The second-order valence-corrected chi connectivity index (χ2v) is 7.75. The van der Waals surface area contributed by atoms with Crippen molar-refractivity contribution in [2.75, 3.05) is 6.61 Å². The molecule has 0 bridgehead atoms. The molecule has 1 aliphatic rings. The molecule has 2 aromatic carbocycles. The zero-order valence-corrected chi connectivity index (χ0v) is 15.2. The second-order valence-electron chi connectivity index (χ2n) is 5.72. The van der Waals surface area contributed by atoms with E-state index in [0.717, 1.165) is 27.3 Å². The van der Waals surface area contributed by atoms with Gasteiger partial charge in [0, 0.05) is 4.90 Å². The van der Waals surface area contributed by atoms with Crippen LogP contribution in [0.5, 0.6) is 11.5 Å². The number of hydrogen-bond acceptors (Lipinski definition) is 7. The summed E-state index contributed by atoms with van der Waals surface area (Å²) in [5, 5.41) is 14.0. The lowest BCUT2D eigenvalue weighted by Gasteiger charge is -2.24. The Morgan fingerprint density at radius 3 is 2.73 bits per heavy atom. The molecule has 0 amide bonds. The number of hydrogen-bond donors (Lipinski definition) is 0. The summed E-state index contributed by atoms with van der Waals surface area (Å²) in [7, 11) is 0. The molecule has 0 radical (unpaired) electrons. The molecule has 0 N–H and O–H groups in total. The second kappa shape index (κ2) is 6.62. The summed E-state index contributed by atoms with van der Waals surface area (Å²) in [6, 6.07) is 17.9. The molecule has 130 valence electrons. The van der Waals surface area contributed by atoms with Crippen molar-refractivity contribution in [3.05, 3.63) is 65.4 Å². The number of fused-ring (bicyclic) bond motifs is 2. The maximum atomic E-state index is 6.04. The van der Waals surface area contributed by atoms with Gasteiger partial charge < -0.3 is 9.47 Å². The lowest BCUT2D eigenvalue weighted by Crippen LogP contribution is -2.21. The minimum Gasteiger partial charge on any atom is -0.485 e. The summed E-state index contributed by atoms with van der Waals surface area (Å²) in [5.41, 5.74) is 0. The molecular weight excluding hydrogens is 368 g/mol. The van der Waals surface area contributed by atoms with Gasteiger partial charge in [0.25, 0.3) is 0 Å². The van der Waals surface area contributed by atoms with Crippen LogP contribution in [-0.4, -0.2) is 26.4 Å².